The van der Waals surface area contributed by atoms with Crippen molar-refractivity contribution in [3.63, 3.8) is 0 Å². The van der Waals surface area contributed by atoms with Gasteiger partial charge in [0.1, 0.15) is 12.4 Å². The molecule has 1 amide bonds. The van der Waals surface area contributed by atoms with E-state index in [1.54, 1.807) is 29.7 Å². The van der Waals surface area contributed by atoms with Crippen LogP contribution in [0.4, 0.5) is 11.4 Å². The van der Waals surface area contributed by atoms with E-state index in [2.05, 4.69) is 18.5 Å². The molecule has 0 saturated heterocycles. The molecule has 2 fully saturated rings. The first-order valence-electron chi connectivity index (χ1n) is 19.6. The summed E-state index contributed by atoms with van der Waals surface area (Å²) in [5, 5.41) is 17.6. The SMILES string of the molecule is C=C/C=C/C.CC.CC.CC.CCOC(=O)CN(CCO)C(C)=Nc1ccccc1N(C=O)C(C)CC1CCC1.C[O-].NC1CCCCCCC1.[Na+]. The van der Waals surface area contributed by atoms with Crippen LogP contribution in [0.25, 0.3) is 0 Å². The number of benzene rings is 1. The summed E-state index contributed by atoms with van der Waals surface area (Å²) in [7, 11) is 0.750. The molecule has 2 aliphatic rings. The first-order valence-corrected chi connectivity index (χ1v) is 19.6. The molecule has 0 radical (unpaired) electrons. The number of hydrogen-bond donors (Lipinski definition) is 2. The maximum atomic E-state index is 11.9. The molecule has 9 nitrogen and oxygen atoms in total. The van der Waals surface area contributed by atoms with E-state index >= 15 is 0 Å². The second-order valence-corrected chi connectivity index (χ2v) is 11.4. The van der Waals surface area contributed by atoms with Gasteiger partial charge in [-0.3, -0.25) is 9.59 Å². The Labute approximate surface area is 342 Å². The topological polar surface area (TPSA) is 132 Å². The molecular formula is C42H79N4NaO5. The van der Waals surface area contributed by atoms with Crippen molar-refractivity contribution in [3.8, 4) is 0 Å². The normalized spacial score (nSPS) is 14.2. The van der Waals surface area contributed by atoms with Crippen LogP contribution in [0, 0.1) is 5.92 Å². The number of aliphatic hydroxyl groups excluding tert-OH is 1. The van der Waals surface area contributed by atoms with Crippen molar-refractivity contribution in [2.45, 2.75) is 152 Å². The zero-order valence-corrected chi connectivity index (χ0v) is 37.7. The van der Waals surface area contributed by atoms with Crippen LogP contribution in [0.2, 0.25) is 0 Å². The van der Waals surface area contributed by atoms with Crippen LogP contribution in [0.15, 0.2) is 54.1 Å². The number of aliphatic hydroxyl groups is 1. The van der Waals surface area contributed by atoms with Crippen molar-refractivity contribution in [2.75, 3.05) is 38.3 Å². The first-order chi connectivity index (χ1) is 24.8. The number of para-hydroxylation sites is 2. The van der Waals surface area contributed by atoms with Gasteiger partial charge in [-0.1, -0.05) is 130 Å². The summed E-state index contributed by atoms with van der Waals surface area (Å²) >= 11 is 0. The third-order valence-corrected chi connectivity index (χ3v) is 7.86. The van der Waals surface area contributed by atoms with Crippen molar-refractivity contribution in [1.82, 2.24) is 4.90 Å². The quantitative estimate of drug-likeness (QED) is 0.0671. The Morgan fingerprint density at radius 3 is 1.98 bits per heavy atom. The summed E-state index contributed by atoms with van der Waals surface area (Å²) in [6.45, 7) is 23.5. The van der Waals surface area contributed by atoms with Gasteiger partial charge in [-0.2, -0.15) is 7.11 Å². The zero-order chi connectivity index (χ0) is 39.9. The van der Waals surface area contributed by atoms with E-state index < -0.39 is 0 Å². The monoisotopic (exact) mass is 743 g/mol. The Hall–Kier alpha value is -2.01. The Kier molecular flexibility index (Phi) is 51.5. The number of amidine groups is 1. The molecule has 2 saturated carbocycles. The summed E-state index contributed by atoms with van der Waals surface area (Å²) in [4.78, 5) is 31.9. The number of esters is 1. The number of carbonyl (C=O) groups excluding carboxylic acids is 2. The van der Waals surface area contributed by atoms with E-state index in [0.717, 1.165) is 25.6 Å². The molecule has 3 rings (SSSR count). The number of carbonyl (C=O) groups is 2. The molecule has 0 heterocycles. The van der Waals surface area contributed by atoms with Gasteiger partial charge in [0.2, 0.25) is 6.41 Å². The molecule has 1 atom stereocenters. The smallest absolute Gasteiger partial charge is 0.857 e. The average Bonchev–Trinajstić information content (AvgIpc) is 3.13. The first kappa shape index (κ1) is 59.3. The predicted molar refractivity (Wildman–Crippen MR) is 220 cm³/mol. The summed E-state index contributed by atoms with van der Waals surface area (Å²) in [5.41, 5.74) is 7.21. The average molecular weight is 743 g/mol. The summed E-state index contributed by atoms with van der Waals surface area (Å²) in [6, 6.07) is 8.11. The van der Waals surface area contributed by atoms with Crippen LogP contribution < -0.4 is 45.3 Å². The molecule has 0 spiro atoms. The third kappa shape index (κ3) is 30.5. The van der Waals surface area contributed by atoms with Gasteiger partial charge < -0.3 is 30.5 Å². The number of hydrogen-bond acceptors (Lipinski definition) is 7. The molecule has 10 heteroatoms. The Morgan fingerprint density at radius 2 is 1.56 bits per heavy atom. The standard InChI is InChI=1S/C22H33N3O4.C8H17N.C5H8.3C2H6.CH3O.Na/c1-4-29-22(28)15-24(12-13-26)18(3)23-20-10-5-6-11-21(20)25(16-27)17(2)14-19-8-7-9-19;9-8-6-4-2-1-3-5-7-8;1-3-5-4-2;4*1-2;/h5-6,10-11,16-17,19,26H,4,7-9,12-15H2,1-3H3;8H,1-7,9H2;3-5H,1H2,2H3;3*1-2H3;1H3;/q;;;;;;-1;+1/b;;5-4+;;;;;. The summed E-state index contributed by atoms with van der Waals surface area (Å²) < 4.78 is 5.01. The largest absolute Gasteiger partial charge is 1.00 e. The number of aliphatic imine (C=N–C) groups is 1. The molecule has 3 N–H and O–H groups in total. The van der Waals surface area contributed by atoms with Gasteiger partial charge in [0.15, 0.2) is 0 Å². The van der Waals surface area contributed by atoms with Crippen LogP contribution in [-0.4, -0.2) is 73.7 Å². The summed E-state index contributed by atoms with van der Waals surface area (Å²) in [5.74, 6) is 0.902. The molecule has 1 aromatic carbocycles. The predicted octanol–water partition coefficient (Wildman–Crippen LogP) is 6.00. The van der Waals surface area contributed by atoms with E-state index in [9.17, 15) is 14.7 Å². The van der Waals surface area contributed by atoms with Crippen LogP contribution in [0.3, 0.4) is 0 Å². The summed E-state index contributed by atoms with van der Waals surface area (Å²) in [6.07, 6.45) is 20.7. The maximum Gasteiger partial charge on any atom is 1.00 e. The van der Waals surface area contributed by atoms with Crippen molar-refractivity contribution in [2.24, 2.45) is 16.6 Å². The van der Waals surface area contributed by atoms with Gasteiger partial charge in [-0.15, -0.1) is 0 Å². The van der Waals surface area contributed by atoms with Gasteiger partial charge in [-0.25, -0.2) is 4.99 Å². The molecule has 298 valence electrons. The van der Waals surface area contributed by atoms with E-state index in [0.29, 0.717) is 30.1 Å². The molecule has 2 aliphatic carbocycles. The Bertz CT molecular complexity index is 981. The number of rotatable bonds is 12. The van der Waals surface area contributed by atoms with Crippen LogP contribution in [0.5, 0.6) is 0 Å². The van der Waals surface area contributed by atoms with E-state index in [1.807, 2.05) is 84.9 Å². The van der Waals surface area contributed by atoms with Crippen molar-refractivity contribution < 1.29 is 54.1 Å². The van der Waals surface area contributed by atoms with E-state index in [1.165, 1.54) is 64.2 Å². The minimum Gasteiger partial charge on any atom is -0.857 e. The maximum absolute atomic E-state index is 11.9. The Morgan fingerprint density at radius 1 is 1.02 bits per heavy atom. The molecule has 0 aliphatic heterocycles. The number of ether oxygens (including phenoxy) is 1. The second-order valence-electron chi connectivity index (χ2n) is 11.4. The molecular weight excluding hydrogens is 663 g/mol. The third-order valence-electron chi connectivity index (χ3n) is 7.86. The minimum atomic E-state index is -0.368. The number of allylic oxidation sites excluding steroid dienone is 3. The fourth-order valence-corrected chi connectivity index (χ4v) is 5.21. The molecule has 1 unspecified atom stereocenters. The van der Waals surface area contributed by atoms with E-state index in [4.69, 9.17) is 15.6 Å². The Balaban J connectivity index is -0.000000263. The molecule has 1 aromatic rings. The molecule has 0 aromatic heterocycles. The number of nitrogens with two attached hydrogens (primary N) is 1. The van der Waals surface area contributed by atoms with Crippen LogP contribution in [0.1, 0.15) is 140 Å². The number of anilines is 1. The van der Waals surface area contributed by atoms with Gasteiger partial charge in [0.25, 0.3) is 0 Å². The molecule has 0 bridgehead atoms. The van der Waals surface area contributed by atoms with Crippen molar-refractivity contribution in [1.29, 1.82) is 0 Å². The second kappa shape index (κ2) is 45.1. The van der Waals surface area contributed by atoms with E-state index in [-0.39, 0.29) is 61.3 Å². The van der Waals surface area contributed by atoms with Gasteiger partial charge in [0.05, 0.1) is 24.6 Å². The number of amides is 1. The fourth-order valence-electron chi connectivity index (χ4n) is 5.21. The number of nitrogens with zero attached hydrogens (tertiary/aromatic N) is 3. The van der Waals surface area contributed by atoms with Gasteiger partial charge >= 0.3 is 35.5 Å². The zero-order valence-electron chi connectivity index (χ0n) is 35.7. The van der Waals surface area contributed by atoms with Crippen LogP contribution >= 0.6 is 0 Å². The van der Waals surface area contributed by atoms with Crippen molar-refractivity contribution in [3.05, 3.63) is 49.1 Å². The minimum absolute atomic E-state index is 0. The van der Waals surface area contributed by atoms with Gasteiger partial charge in [0, 0.05) is 18.6 Å². The molecule has 52 heavy (non-hydrogen) atoms. The van der Waals surface area contributed by atoms with Crippen molar-refractivity contribution >= 4 is 29.6 Å². The van der Waals surface area contributed by atoms with Gasteiger partial charge in [-0.05, 0) is 65.0 Å². The van der Waals surface area contributed by atoms with Crippen LogP contribution in [-0.2, 0) is 14.3 Å². The fraction of sp³-hybridized carbons (Fsp3) is 0.690.